The average molecular weight is 342 g/mol. The van der Waals surface area contributed by atoms with Gasteiger partial charge in [0.25, 0.3) is 0 Å². The molecular weight excluding hydrogens is 322 g/mol. The van der Waals surface area contributed by atoms with Crippen molar-refractivity contribution in [2.45, 2.75) is 25.8 Å². The Balaban J connectivity index is 2.03. The zero-order chi connectivity index (χ0) is 17.3. The fourth-order valence-corrected chi connectivity index (χ4v) is 3.24. The van der Waals surface area contributed by atoms with Gasteiger partial charge in [0.15, 0.2) is 5.78 Å². The first-order valence-corrected chi connectivity index (χ1v) is 8.23. The molecule has 124 valence electrons. The highest BCUT2D eigenvalue weighted by Gasteiger charge is 2.27. The third kappa shape index (κ3) is 3.31. The van der Waals surface area contributed by atoms with Crippen LogP contribution in [-0.2, 0) is 6.42 Å². The molecule has 0 radical (unpaired) electrons. The first-order chi connectivity index (χ1) is 11.4. The molecule has 0 saturated heterocycles. The van der Waals surface area contributed by atoms with Gasteiger partial charge in [-0.1, -0.05) is 35.9 Å². The lowest BCUT2D eigenvalue weighted by molar-refractivity contribution is 0.104. The zero-order valence-electron chi connectivity index (χ0n) is 14.0. The van der Waals surface area contributed by atoms with Crippen LogP contribution in [0, 0.1) is 0 Å². The molecule has 0 unspecified atom stereocenters. The lowest BCUT2D eigenvalue weighted by Gasteiger charge is -2.35. The molecule has 0 spiro atoms. The number of halogens is 1. The van der Waals surface area contributed by atoms with E-state index in [1.165, 1.54) is 12.7 Å². The number of fused-ring (bicyclic) bond motifs is 1. The van der Waals surface area contributed by atoms with Crippen molar-refractivity contribution in [1.82, 2.24) is 5.32 Å². The summed E-state index contributed by atoms with van der Waals surface area (Å²) in [6.07, 6.45) is 2.56. The van der Waals surface area contributed by atoms with Crippen LogP contribution in [0.15, 0.2) is 48.5 Å². The van der Waals surface area contributed by atoms with Crippen LogP contribution in [0.4, 0.5) is 0 Å². The molecule has 1 heterocycles. The molecule has 0 bridgehead atoms. The van der Waals surface area contributed by atoms with Crippen molar-refractivity contribution in [3.63, 3.8) is 0 Å². The quantitative estimate of drug-likeness (QED) is 0.660. The second-order valence-corrected chi connectivity index (χ2v) is 7.05. The van der Waals surface area contributed by atoms with E-state index >= 15 is 0 Å². The number of carbonyl (C=O) groups is 1. The molecular formula is C20H20ClNO2. The van der Waals surface area contributed by atoms with Crippen molar-refractivity contribution >= 4 is 23.1 Å². The van der Waals surface area contributed by atoms with E-state index in [1.807, 2.05) is 18.2 Å². The summed E-state index contributed by atoms with van der Waals surface area (Å²) < 4.78 is 5.29. The number of nitrogens with one attached hydrogen (secondary N) is 1. The monoisotopic (exact) mass is 341 g/mol. The Hall–Kier alpha value is -2.26. The number of hydrogen-bond acceptors (Lipinski definition) is 3. The number of ether oxygens (including phenoxy) is 1. The largest absolute Gasteiger partial charge is 0.496 e. The molecule has 0 aromatic heterocycles. The summed E-state index contributed by atoms with van der Waals surface area (Å²) in [5.74, 6) is 0.367. The highest BCUT2D eigenvalue weighted by molar-refractivity contribution is 6.31. The molecule has 1 aliphatic rings. The van der Waals surface area contributed by atoms with E-state index in [2.05, 4.69) is 25.2 Å². The molecule has 3 rings (SSSR count). The van der Waals surface area contributed by atoms with Crippen LogP contribution >= 0.6 is 11.6 Å². The van der Waals surface area contributed by atoms with Crippen molar-refractivity contribution in [3.8, 4) is 5.75 Å². The number of rotatable bonds is 3. The second kappa shape index (κ2) is 6.33. The van der Waals surface area contributed by atoms with Gasteiger partial charge in [0, 0.05) is 27.9 Å². The SMILES string of the molecule is COc1cc(Cl)ccc1C(=O)/C=C1\NC(C)(C)Cc2ccccc21. The van der Waals surface area contributed by atoms with Gasteiger partial charge in [-0.3, -0.25) is 4.79 Å². The van der Waals surface area contributed by atoms with Crippen LogP contribution in [0.2, 0.25) is 5.02 Å². The zero-order valence-corrected chi connectivity index (χ0v) is 14.8. The number of ketones is 1. The molecule has 4 heteroatoms. The van der Waals surface area contributed by atoms with Gasteiger partial charge in [0.1, 0.15) is 5.75 Å². The highest BCUT2D eigenvalue weighted by Crippen LogP contribution is 2.30. The minimum Gasteiger partial charge on any atom is -0.496 e. The van der Waals surface area contributed by atoms with Gasteiger partial charge < -0.3 is 10.1 Å². The van der Waals surface area contributed by atoms with Crippen molar-refractivity contribution in [1.29, 1.82) is 0 Å². The summed E-state index contributed by atoms with van der Waals surface area (Å²) in [6, 6.07) is 13.2. The van der Waals surface area contributed by atoms with Gasteiger partial charge in [-0.2, -0.15) is 0 Å². The van der Waals surface area contributed by atoms with Crippen molar-refractivity contribution in [2.24, 2.45) is 0 Å². The molecule has 0 saturated carbocycles. The molecule has 2 aromatic carbocycles. The van der Waals surface area contributed by atoms with Crippen LogP contribution in [0.25, 0.3) is 5.70 Å². The summed E-state index contributed by atoms with van der Waals surface area (Å²) in [6.45, 7) is 4.26. The Morgan fingerprint density at radius 2 is 2.00 bits per heavy atom. The predicted octanol–water partition coefficient (Wildman–Crippen LogP) is 4.50. The van der Waals surface area contributed by atoms with Gasteiger partial charge in [-0.15, -0.1) is 0 Å². The van der Waals surface area contributed by atoms with E-state index in [-0.39, 0.29) is 11.3 Å². The summed E-state index contributed by atoms with van der Waals surface area (Å²) in [4.78, 5) is 12.8. The van der Waals surface area contributed by atoms with Crippen molar-refractivity contribution in [2.75, 3.05) is 7.11 Å². The van der Waals surface area contributed by atoms with Gasteiger partial charge in [-0.05, 0) is 44.0 Å². The third-order valence-corrected chi connectivity index (χ3v) is 4.35. The smallest absolute Gasteiger partial charge is 0.191 e. The Morgan fingerprint density at radius 3 is 2.75 bits per heavy atom. The maximum Gasteiger partial charge on any atom is 0.191 e. The molecule has 0 atom stereocenters. The number of carbonyl (C=O) groups excluding carboxylic acids is 1. The normalized spacial score (nSPS) is 17.1. The topological polar surface area (TPSA) is 38.3 Å². The minimum atomic E-state index is -0.112. The first kappa shape index (κ1) is 16.6. The van der Waals surface area contributed by atoms with E-state index in [0.29, 0.717) is 16.3 Å². The van der Waals surface area contributed by atoms with E-state index in [4.69, 9.17) is 16.3 Å². The lowest BCUT2D eigenvalue weighted by atomic mass is 9.85. The van der Waals surface area contributed by atoms with E-state index < -0.39 is 0 Å². The van der Waals surface area contributed by atoms with Crippen LogP contribution in [0.1, 0.15) is 35.3 Å². The van der Waals surface area contributed by atoms with Gasteiger partial charge in [0.05, 0.1) is 12.7 Å². The minimum absolute atomic E-state index is 0.107. The Kier molecular flexibility index (Phi) is 4.37. The van der Waals surface area contributed by atoms with Gasteiger partial charge >= 0.3 is 0 Å². The number of allylic oxidation sites excluding steroid dienone is 1. The number of benzene rings is 2. The van der Waals surface area contributed by atoms with Crippen molar-refractivity contribution in [3.05, 3.63) is 70.3 Å². The van der Waals surface area contributed by atoms with Crippen LogP contribution in [-0.4, -0.2) is 18.4 Å². The standard InChI is InChI=1S/C20H20ClNO2/c1-20(2)12-13-6-4-5-7-15(13)17(22-20)11-18(23)16-9-8-14(21)10-19(16)24-3/h4-11,22H,12H2,1-3H3/b17-11-. The molecule has 24 heavy (non-hydrogen) atoms. The third-order valence-electron chi connectivity index (χ3n) is 4.12. The molecule has 1 N–H and O–H groups in total. The van der Waals surface area contributed by atoms with E-state index in [9.17, 15) is 4.79 Å². The van der Waals surface area contributed by atoms with E-state index in [1.54, 1.807) is 24.3 Å². The summed E-state index contributed by atoms with van der Waals surface area (Å²) in [5.41, 5.74) is 3.53. The highest BCUT2D eigenvalue weighted by atomic mass is 35.5. The van der Waals surface area contributed by atoms with E-state index in [0.717, 1.165) is 17.7 Å². The van der Waals surface area contributed by atoms with Crippen LogP contribution in [0.5, 0.6) is 5.75 Å². The van der Waals surface area contributed by atoms with Gasteiger partial charge in [0.2, 0.25) is 0 Å². The molecule has 0 aliphatic carbocycles. The van der Waals surface area contributed by atoms with Crippen molar-refractivity contribution < 1.29 is 9.53 Å². The maximum absolute atomic E-state index is 12.8. The maximum atomic E-state index is 12.8. The molecule has 1 aliphatic heterocycles. The Labute approximate surface area is 147 Å². The summed E-state index contributed by atoms with van der Waals surface area (Å²) >= 11 is 5.98. The number of methoxy groups -OCH3 is 1. The fourth-order valence-electron chi connectivity index (χ4n) is 3.08. The second-order valence-electron chi connectivity index (χ2n) is 6.61. The van der Waals surface area contributed by atoms with Gasteiger partial charge in [-0.25, -0.2) is 0 Å². The summed E-state index contributed by atoms with van der Waals surface area (Å²) in [7, 11) is 1.53. The predicted molar refractivity (Wildman–Crippen MR) is 97.7 cm³/mol. The molecule has 0 amide bonds. The fraction of sp³-hybridized carbons (Fsp3) is 0.250. The first-order valence-electron chi connectivity index (χ1n) is 7.86. The lowest BCUT2D eigenvalue weighted by Crippen LogP contribution is -2.43. The molecule has 3 nitrogen and oxygen atoms in total. The molecule has 0 fully saturated rings. The number of hydrogen-bond donors (Lipinski definition) is 1. The van der Waals surface area contributed by atoms with Crippen LogP contribution in [0.3, 0.4) is 0 Å². The Bertz CT molecular complexity index is 824. The molecule has 2 aromatic rings. The average Bonchev–Trinajstić information content (AvgIpc) is 2.53. The summed E-state index contributed by atoms with van der Waals surface area (Å²) in [5, 5.41) is 4.01. The Morgan fingerprint density at radius 1 is 1.25 bits per heavy atom. The van der Waals surface area contributed by atoms with Crippen LogP contribution < -0.4 is 10.1 Å².